The van der Waals surface area contributed by atoms with Crippen LogP contribution in [0, 0.1) is 0 Å². The molecule has 0 amide bonds. The molecule has 1 aliphatic heterocycles. The summed E-state index contributed by atoms with van der Waals surface area (Å²) in [6.45, 7) is 0.0563. The van der Waals surface area contributed by atoms with E-state index >= 15 is 0 Å². The first kappa shape index (κ1) is 7.49. The van der Waals surface area contributed by atoms with Crippen molar-refractivity contribution in [2.24, 2.45) is 4.99 Å². The molecule has 6 heteroatoms. The average Bonchev–Trinajstić information content (AvgIpc) is 2.12. The van der Waals surface area contributed by atoms with E-state index in [-0.39, 0.29) is 6.67 Å². The highest BCUT2D eigenvalue weighted by Crippen LogP contribution is 2.18. The Morgan fingerprint density at radius 1 is 1.50 bits per heavy atom. The van der Waals surface area contributed by atoms with Crippen molar-refractivity contribution in [2.45, 2.75) is 12.6 Å². The van der Waals surface area contributed by atoms with E-state index in [1.165, 1.54) is 0 Å². The maximum absolute atomic E-state index is 11.4. The number of nitrogens with zero attached hydrogens (tertiary/aromatic N) is 2. The van der Waals surface area contributed by atoms with Crippen molar-refractivity contribution in [1.29, 1.82) is 0 Å². The Kier molecular flexibility index (Phi) is 1.91. The van der Waals surface area contributed by atoms with E-state index in [1.54, 1.807) is 0 Å². The molecule has 0 saturated carbocycles. The molecule has 0 aromatic carbocycles. The van der Waals surface area contributed by atoms with Gasteiger partial charge < -0.3 is 0 Å². The highest BCUT2D eigenvalue weighted by atomic mass is 19.4. The molecular weight excluding hydrogens is 149 g/mol. The van der Waals surface area contributed by atoms with Gasteiger partial charge in [0.25, 0.3) is 0 Å². The molecule has 1 heterocycles. The molecule has 1 atom stereocenters. The minimum absolute atomic E-state index is 0.0563. The Morgan fingerprint density at radius 2 is 2.20 bits per heavy atom. The maximum Gasteiger partial charge on any atom is 0.524 e. The maximum atomic E-state index is 11.4. The Labute approximate surface area is 54.9 Å². The van der Waals surface area contributed by atoms with Crippen LogP contribution in [0.25, 0.3) is 0 Å². The van der Waals surface area contributed by atoms with Crippen LogP contribution in [-0.2, 0) is 4.74 Å². The van der Waals surface area contributed by atoms with Crippen molar-refractivity contribution in [3.63, 3.8) is 0 Å². The molecule has 0 fully saturated rings. The van der Waals surface area contributed by atoms with Gasteiger partial charge >= 0.3 is 6.36 Å². The molecule has 1 aliphatic rings. The molecule has 0 N–H and O–H groups in total. The molecule has 0 aromatic heterocycles. The standard InChI is InChI=1S/C4H4F3N2O/c5-4(6,7)10-3-1-8-2-9-3/h1,3H,2H2. The van der Waals surface area contributed by atoms with Crippen LogP contribution in [0.2, 0.25) is 0 Å². The molecule has 3 nitrogen and oxygen atoms in total. The predicted octanol–water partition coefficient (Wildman–Crippen LogP) is 0.495. The summed E-state index contributed by atoms with van der Waals surface area (Å²) in [6, 6.07) is 0. The third-order valence-corrected chi connectivity index (χ3v) is 0.831. The molecule has 57 valence electrons. The fourth-order valence-electron chi connectivity index (χ4n) is 0.517. The topological polar surface area (TPSA) is 35.7 Å². The number of alkyl halides is 3. The van der Waals surface area contributed by atoms with Crippen molar-refractivity contribution in [3.8, 4) is 0 Å². The predicted molar refractivity (Wildman–Crippen MR) is 26.4 cm³/mol. The van der Waals surface area contributed by atoms with E-state index in [2.05, 4.69) is 15.0 Å². The van der Waals surface area contributed by atoms with Gasteiger partial charge in [-0.1, -0.05) is 0 Å². The lowest BCUT2D eigenvalue weighted by Crippen LogP contribution is -2.29. The fraction of sp³-hybridized carbons (Fsp3) is 0.750. The number of rotatable bonds is 1. The summed E-state index contributed by atoms with van der Waals surface area (Å²) in [5.74, 6) is 0. The van der Waals surface area contributed by atoms with Crippen molar-refractivity contribution in [3.05, 3.63) is 0 Å². The van der Waals surface area contributed by atoms with Gasteiger partial charge in [-0.2, -0.15) is 5.32 Å². The van der Waals surface area contributed by atoms with Crippen LogP contribution in [0.15, 0.2) is 4.99 Å². The van der Waals surface area contributed by atoms with Gasteiger partial charge in [-0.3, -0.25) is 9.73 Å². The van der Waals surface area contributed by atoms with Crippen molar-refractivity contribution in [2.75, 3.05) is 6.67 Å². The van der Waals surface area contributed by atoms with Crippen molar-refractivity contribution >= 4 is 6.21 Å². The fourth-order valence-corrected chi connectivity index (χ4v) is 0.517. The van der Waals surface area contributed by atoms with Crippen LogP contribution in [0.1, 0.15) is 0 Å². The van der Waals surface area contributed by atoms with Crippen LogP contribution < -0.4 is 5.32 Å². The number of halogens is 3. The second-order valence-corrected chi connectivity index (χ2v) is 1.61. The van der Waals surface area contributed by atoms with Gasteiger partial charge in [-0.25, -0.2) is 0 Å². The third-order valence-electron chi connectivity index (χ3n) is 0.831. The van der Waals surface area contributed by atoms with E-state index in [9.17, 15) is 13.2 Å². The average molecular weight is 153 g/mol. The van der Waals surface area contributed by atoms with Gasteiger partial charge in [0.1, 0.15) is 6.67 Å². The number of ether oxygens (including phenoxy) is 1. The largest absolute Gasteiger partial charge is 0.524 e. The van der Waals surface area contributed by atoms with Crippen LogP contribution in [0.5, 0.6) is 0 Å². The highest BCUT2D eigenvalue weighted by molar-refractivity contribution is 5.64. The summed E-state index contributed by atoms with van der Waals surface area (Å²) in [6.07, 6.45) is -4.84. The molecule has 10 heavy (non-hydrogen) atoms. The van der Waals surface area contributed by atoms with Crippen LogP contribution in [0.3, 0.4) is 0 Å². The minimum atomic E-state index is -4.62. The molecule has 0 saturated heterocycles. The second kappa shape index (κ2) is 2.55. The van der Waals surface area contributed by atoms with Gasteiger partial charge in [-0.05, 0) is 0 Å². The summed E-state index contributed by atoms with van der Waals surface area (Å²) < 4.78 is 37.6. The normalized spacial score (nSPS) is 25.7. The van der Waals surface area contributed by atoms with E-state index in [1.807, 2.05) is 0 Å². The number of hydrogen-bond acceptors (Lipinski definition) is 2. The summed E-state index contributed by atoms with van der Waals surface area (Å²) in [7, 11) is 0. The minimum Gasteiger partial charge on any atom is -0.276 e. The SMILES string of the molecule is FC(F)(F)OC1C=NC[N]1. The van der Waals surface area contributed by atoms with E-state index < -0.39 is 12.6 Å². The van der Waals surface area contributed by atoms with Crippen LogP contribution in [0.4, 0.5) is 13.2 Å². The van der Waals surface area contributed by atoms with Crippen LogP contribution >= 0.6 is 0 Å². The Bertz CT molecular complexity index is 144. The monoisotopic (exact) mass is 153 g/mol. The lowest BCUT2D eigenvalue weighted by Gasteiger charge is -2.09. The van der Waals surface area contributed by atoms with Gasteiger partial charge in [0.05, 0.1) is 0 Å². The lowest BCUT2D eigenvalue weighted by atomic mass is 10.6. The molecule has 0 aliphatic carbocycles. The number of hydrogen-bond donors (Lipinski definition) is 0. The van der Waals surface area contributed by atoms with Crippen molar-refractivity contribution < 1.29 is 17.9 Å². The molecule has 1 rings (SSSR count). The molecule has 0 bridgehead atoms. The highest BCUT2D eigenvalue weighted by Gasteiger charge is 2.34. The van der Waals surface area contributed by atoms with Gasteiger partial charge in [0.15, 0.2) is 6.23 Å². The zero-order chi connectivity index (χ0) is 7.61. The van der Waals surface area contributed by atoms with Gasteiger partial charge in [-0.15, -0.1) is 13.2 Å². The zero-order valence-electron chi connectivity index (χ0n) is 4.80. The summed E-state index contributed by atoms with van der Waals surface area (Å²) in [5.41, 5.74) is 0. The molecule has 1 unspecified atom stereocenters. The number of aliphatic imine (C=N–C) groups is 1. The summed E-state index contributed by atoms with van der Waals surface area (Å²) in [4.78, 5) is 3.43. The summed E-state index contributed by atoms with van der Waals surface area (Å²) >= 11 is 0. The lowest BCUT2D eigenvalue weighted by molar-refractivity contribution is -0.335. The zero-order valence-corrected chi connectivity index (χ0v) is 4.80. The Morgan fingerprint density at radius 3 is 2.60 bits per heavy atom. The first-order chi connectivity index (χ1) is 4.58. The molecular formula is C4H4F3N2O. The van der Waals surface area contributed by atoms with Crippen LogP contribution in [-0.4, -0.2) is 25.5 Å². The third kappa shape index (κ3) is 2.32. The molecule has 0 spiro atoms. The molecule has 1 radical (unpaired) electrons. The van der Waals surface area contributed by atoms with Gasteiger partial charge in [0.2, 0.25) is 0 Å². The first-order valence-corrected chi connectivity index (χ1v) is 2.49. The van der Waals surface area contributed by atoms with Crippen molar-refractivity contribution in [1.82, 2.24) is 5.32 Å². The first-order valence-electron chi connectivity index (χ1n) is 2.49. The second-order valence-electron chi connectivity index (χ2n) is 1.61. The van der Waals surface area contributed by atoms with E-state index in [4.69, 9.17) is 0 Å². The van der Waals surface area contributed by atoms with E-state index in [0.717, 1.165) is 6.21 Å². The molecule has 0 aromatic rings. The Hall–Kier alpha value is -0.620. The van der Waals surface area contributed by atoms with Gasteiger partial charge in [0, 0.05) is 6.21 Å². The Balaban J connectivity index is 2.31. The summed E-state index contributed by atoms with van der Waals surface area (Å²) in [5, 5.41) is 3.36. The van der Waals surface area contributed by atoms with E-state index in [0.29, 0.717) is 0 Å². The quantitative estimate of drug-likeness (QED) is 0.540. The smallest absolute Gasteiger partial charge is 0.276 e.